The van der Waals surface area contributed by atoms with Gasteiger partial charge in [-0.05, 0) is 61.1 Å². The molecule has 37 heavy (non-hydrogen) atoms. The first-order valence-corrected chi connectivity index (χ1v) is 12.1. The highest BCUT2D eigenvalue weighted by atomic mass is 16.4. The second-order valence-electron chi connectivity index (χ2n) is 9.07. The summed E-state index contributed by atoms with van der Waals surface area (Å²) in [5.74, 6) is -0.659. The number of carbonyl (C=O) groups excluding carboxylic acids is 1. The van der Waals surface area contributed by atoms with Gasteiger partial charge >= 0.3 is 5.97 Å². The molecule has 2 heterocycles. The van der Waals surface area contributed by atoms with E-state index in [1.807, 2.05) is 48.5 Å². The summed E-state index contributed by atoms with van der Waals surface area (Å²) in [6.07, 6.45) is 1.35. The predicted molar refractivity (Wildman–Crippen MR) is 144 cm³/mol. The lowest BCUT2D eigenvalue weighted by Gasteiger charge is -2.34. The van der Waals surface area contributed by atoms with Crippen molar-refractivity contribution >= 4 is 40.0 Å². The number of hydrogen-bond donors (Lipinski definition) is 3. The van der Waals surface area contributed by atoms with Crippen molar-refractivity contribution in [1.82, 2.24) is 14.9 Å². The van der Waals surface area contributed by atoms with Gasteiger partial charge in [0.2, 0.25) is 0 Å². The number of carboxylic acid groups (broad SMARTS) is 1. The number of hydrogen-bond acceptors (Lipinski definition) is 7. The van der Waals surface area contributed by atoms with Gasteiger partial charge in [0, 0.05) is 55.0 Å². The van der Waals surface area contributed by atoms with E-state index in [-0.39, 0.29) is 11.5 Å². The highest BCUT2D eigenvalue weighted by molar-refractivity contribution is 6.05. The molecule has 0 aliphatic carbocycles. The fraction of sp³-hybridized carbons (Fsp3) is 0.214. The highest BCUT2D eigenvalue weighted by Gasteiger charge is 2.15. The Morgan fingerprint density at radius 3 is 2.46 bits per heavy atom. The van der Waals surface area contributed by atoms with Crippen molar-refractivity contribution in [3.05, 3.63) is 89.7 Å². The van der Waals surface area contributed by atoms with E-state index in [0.717, 1.165) is 37.4 Å². The van der Waals surface area contributed by atoms with Crippen molar-refractivity contribution in [2.24, 2.45) is 0 Å². The highest BCUT2D eigenvalue weighted by Crippen LogP contribution is 2.23. The molecule has 3 N–H and O–H groups in total. The fourth-order valence-electron chi connectivity index (χ4n) is 4.44. The summed E-state index contributed by atoms with van der Waals surface area (Å²) in [6.45, 7) is 4.46. The molecule has 188 valence electrons. The van der Waals surface area contributed by atoms with E-state index < -0.39 is 5.97 Å². The lowest BCUT2D eigenvalue weighted by molar-refractivity contribution is 0.0698. The molecule has 0 spiro atoms. The molecule has 0 atom stereocenters. The van der Waals surface area contributed by atoms with Gasteiger partial charge in [0.25, 0.3) is 5.91 Å². The lowest BCUT2D eigenvalue weighted by atomic mass is 10.1. The summed E-state index contributed by atoms with van der Waals surface area (Å²) in [4.78, 5) is 37.4. The van der Waals surface area contributed by atoms with E-state index in [0.29, 0.717) is 34.5 Å². The van der Waals surface area contributed by atoms with Gasteiger partial charge in [-0.15, -0.1) is 0 Å². The lowest BCUT2D eigenvalue weighted by Crippen LogP contribution is -2.44. The second-order valence-corrected chi connectivity index (χ2v) is 9.07. The zero-order valence-electron chi connectivity index (χ0n) is 20.5. The van der Waals surface area contributed by atoms with Gasteiger partial charge in [0.1, 0.15) is 12.1 Å². The number of amides is 1. The molecule has 0 bridgehead atoms. The SMILES string of the molecule is CN1CCN(c2ccc(C(=O)Nc3cccc(CNc4ncnc5c(C(=O)O)cccc45)c3)cc2)CC1. The van der Waals surface area contributed by atoms with Crippen molar-refractivity contribution in [3.8, 4) is 0 Å². The average molecular weight is 497 g/mol. The standard InChI is InChI=1S/C28H28N6O3/c1-33-12-14-34(15-13-33)22-10-8-20(9-11-22)27(35)32-21-5-2-4-19(16-21)17-29-26-23-6-3-7-24(28(36)37)25(23)30-18-31-26/h2-11,16,18H,12-15,17H2,1H3,(H,32,35)(H,36,37)(H,29,30,31). The minimum Gasteiger partial charge on any atom is -0.478 e. The number of carbonyl (C=O) groups is 2. The molecular formula is C28H28N6O3. The molecule has 9 heteroatoms. The molecule has 1 saturated heterocycles. The van der Waals surface area contributed by atoms with Crippen LogP contribution in [0.1, 0.15) is 26.3 Å². The third kappa shape index (κ3) is 5.52. The van der Waals surface area contributed by atoms with Gasteiger partial charge in [-0.25, -0.2) is 14.8 Å². The average Bonchev–Trinajstić information content (AvgIpc) is 2.92. The molecule has 9 nitrogen and oxygen atoms in total. The van der Waals surface area contributed by atoms with E-state index in [4.69, 9.17) is 0 Å². The molecule has 0 saturated carbocycles. The number of para-hydroxylation sites is 1. The van der Waals surface area contributed by atoms with Crippen molar-refractivity contribution < 1.29 is 14.7 Å². The maximum absolute atomic E-state index is 12.9. The van der Waals surface area contributed by atoms with Crippen molar-refractivity contribution in [1.29, 1.82) is 0 Å². The smallest absolute Gasteiger partial charge is 0.337 e. The fourth-order valence-corrected chi connectivity index (χ4v) is 4.44. The molecule has 1 amide bonds. The van der Waals surface area contributed by atoms with Crippen LogP contribution in [0.3, 0.4) is 0 Å². The number of piperazine rings is 1. The van der Waals surface area contributed by atoms with Gasteiger partial charge in [0.15, 0.2) is 0 Å². The van der Waals surface area contributed by atoms with Crippen LogP contribution in [0.25, 0.3) is 10.9 Å². The first-order chi connectivity index (χ1) is 18.0. The Morgan fingerprint density at radius 1 is 0.946 bits per heavy atom. The summed E-state index contributed by atoms with van der Waals surface area (Å²) in [6, 6.07) is 20.3. The quantitative estimate of drug-likeness (QED) is 0.353. The van der Waals surface area contributed by atoms with E-state index in [1.54, 1.807) is 12.1 Å². The number of nitrogens with one attached hydrogen (secondary N) is 2. The normalized spacial score (nSPS) is 13.9. The van der Waals surface area contributed by atoms with Crippen LogP contribution < -0.4 is 15.5 Å². The van der Waals surface area contributed by atoms with Gasteiger partial charge in [-0.1, -0.05) is 18.2 Å². The summed E-state index contributed by atoms with van der Waals surface area (Å²) < 4.78 is 0. The third-order valence-electron chi connectivity index (χ3n) is 6.54. The van der Waals surface area contributed by atoms with E-state index in [2.05, 4.69) is 37.4 Å². The molecule has 1 aliphatic heterocycles. The molecule has 4 aromatic rings. The number of likely N-dealkylation sites (N-methyl/N-ethyl adjacent to an activating group) is 1. The molecule has 1 fully saturated rings. The van der Waals surface area contributed by atoms with Crippen LogP contribution in [-0.4, -0.2) is 65.1 Å². The molecular weight excluding hydrogens is 468 g/mol. The van der Waals surface area contributed by atoms with E-state index in [9.17, 15) is 14.7 Å². The third-order valence-corrected chi connectivity index (χ3v) is 6.54. The zero-order valence-corrected chi connectivity index (χ0v) is 20.5. The Morgan fingerprint density at radius 2 is 1.70 bits per heavy atom. The van der Waals surface area contributed by atoms with Crippen molar-refractivity contribution in [2.75, 3.05) is 48.8 Å². The minimum atomic E-state index is -1.03. The van der Waals surface area contributed by atoms with Crippen LogP contribution in [0.5, 0.6) is 0 Å². The number of carboxylic acids is 1. The molecule has 3 aromatic carbocycles. The number of nitrogens with zero attached hydrogens (tertiary/aromatic N) is 4. The number of rotatable bonds is 7. The van der Waals surface area contributed by atoms with E-state index >= 15 is 0 Å². The maximum Gasteiger partial charge on any atom is 0.337 e. The van der Waals surface area contributed by atoms with Gasteiger partial charge in [0.05, 0.1) is 11.1 Å². The molecule has 1 aliphatic rings. The summed E-state index contributed by atoms with van der Waals surface area (Å²) >= 11 is 0. The molecule has 1 aromatic heterocycles. The summed E-state index contributed by atoms with van der Waals surface area (Å²) in [7, 11) is 2.13. The Labute approximate surface area is 214 Å². The summed E-state index contributed by atoms with van der Waals surface area (Å²) in [5, 5.41) is 16.3. The molecule has 5 rings (SSSR count). The van der Waals surface area contributed by atoms with Crippen LogP contribution >= 0.6 is 0 Å². The largest absolute Gasteiger partial charge is 0.478 e. The number of aromatic nitrogens is 2. The number of benzene rings is 3. The summed E-state index contributed by atoms with van der Waals surface area (Å²) in [5.41, 5.74) is 3.86. The van der Waals surface area contributed by atoms with Gasteiger partial charge in [-0.2, -0.15) is 0 Å². The van der Waals surface area contributed by atoms with Crippen LogP contribution in [0.4, 0.5) is 17.2 Å². The maximum atomic E-state index is 12.9. The van der Waals surface area contributed by atoms with Crippen LogP contribution in [0, 0.1) is 0 Å². The van der Waals surface area contributed by atoms with Crippen molar-refractivity contribution in [2.45, 2.75) is 6.54 Å². The Balaban J connectivity index is 1.24. The Hall–Kier alpha value is -4.50. The number of anilines is 3. The molecule has 0 radical (unpaired) electrons. The second kappa shape index (κ2) is 10.6. The minimum absolute atomic E-state index is 0.129. The van der Waals surface area contributed by atoms with Gasteiger partial charge < -0.3 is 25.5 Å². The van der Waals surface area contributed by atoms with Gasteiger partial charge in [-0.3, -0.25) is 4.79 Å². The van der Waals surface area contributed by atoms with E-state index in [1.165, 1.54) is 12.4 Å². The number of fused-ring (bicyclic) bond motifs is 1. The number of aromatic carboxylic acids is 1. The Kier molecular flexibility index (Phi) is 6.96. The monoisotopic (exact) mass is 496 g/mol. The topological polar surface area (TPSA) is 111 Å². The molecule has 0 unspecified atom stereocenters. The van der Waals surface area contributed by atoms with Crippen LogP contribution in [0.2, 0.25) is 0 Å². The Bertz CT molecular complexity index is 1430. The zero-order chi connectivity index (χ0) is 25.8. The van der Waals surface area contributed by atoms with Crippen LogP contribution in [0.15, 0.2) is 73.1 Å². The first-order valence-electron chi connectivity index (χ1n) is 12.1. The first kappa shape index (κ1) is 24.2. The van der Waals surface area contributed by atoms with Crippen LogP contribution in [-0.2, 0) is 6.54 Å². The predicted octanol–water partition coefficient (Wildman–Crippen LogP) is 3.94. The van der Waals surface area contributed by atoms with Crippen molar-refractivity contribution in [3.63, 3.8) is 0 Å².